The number of amides is 1. The van der Waals surface area contributed by atoms with Gasteiger partial charge in [-0.2, -0.15) is 0 Å². The van der Waals surface area contributed by atoms with E-state index in [0.717, 1.165) is 28.0 Å². The molecule has 8 nitrogen and oxygen atoms in total. The van der Waals surface area contributed by atoms with Crippen LogP contribution in [-0.2, 0) is 14.8 Å². The fourth-order valence-electron chi connectivity index (χ4n) is 4.26. The van der Waals surface area contributed by atoms with Crippen molar-refractivity contribution < 1.29 is 27.5 Å². The van der Waals surface area contributed by atoms with E-state index >= 15 is 0 Å². The predicted molar refractivity (Wildman–Crippen MR) is 154 cm³/mol. The molecule has 0 saturated heterocycles. The number of allylic oxidation sites excluding steroid dienone is 4. The third-order valence-corrected chi connectivity index (χ3v) is 7.52. The van der Waals surface area contributed by atoms with Gasteiger partial charge in [0.2, 0.25) is 5.88 Å². The minimum Gasteiger partial charge on any atom is -0.493 e. The second kappa shape index (κ2) is 11.9. The van der Waals surface area contributed by atoms with Gasteiger partial charge >= 0.3 is 0 Å². The Morgan fingerprint density at radius 3 is 2.33 bits per heavy atom. The van der Waals surface area contributed by atoms with Crippen LogP contribution in [0.3, 0.4) is 0 Å². The number of ketones is 1. The number of carbonyl (C=O) groups is 2. The van der Waals surface area contributed by atoms with Crippen molar-refractivity contribution >= 4 is 21.7 Å². The van der Waals surface area contributed by atoms with E-state index in [-0.39, 0.29) is 17.9 Å². The molecular formula is C31H32N2O6S. The van der Waals surface area contributed by atoms with E-state index < -0.39 is 26.6 Å². The molecule has 1 aromatic heterocycles. The molecule has 3 aromatic rings. The highest BCUT2D eigenvalue weighted by molar-refractivity contribution is 7.95. The standard InChI is InChI=1S/C31H32N2O6S/c1-19(2)18-38-24-12-10-23(11-13-24)26-15-14-25(30(35)33-40(36,37)28-9-7-6-8-27(28)34)31(32-26)39-29-21(4)16-20(3)17-22(29)5/h6-7,9-17,19H,8,18H2,1-5H3,(H,33,35). The minimum atomic E-state index is -4.41. The van der Waals surface area contributed by atoms with Gasteiger partial charge in [0.15, 0.2) is 5.78 Å². The molecule has 0 bridgehead atoms. The van der Waals surface area contributed by atoms with Crippen molar-refractivity contribution in [1.29, 1.82) is 0 Å². The lowest BCUT2D eigenvalue weighted by Crippen LogP contribution is -2.34. The molecule has 40 heavy (non-hydrogen) atoms. The molecule has 0 spiro atoms. The summed E-state index contributed by atoms with van der Waals surface area (Å²) >= 11 is 0. The van der Waals surface area contributed by atoms with E-state index in [2.05, 4.69) is 18.8 Å². The number of rotatable bonds is 9. The molecule has 1 aliphatic carbocycles. The largest absolute Gasteiger partial charge is 0.493 e. The molecule has 9 heteroatoms. The van der Waals surface area contributed by atoms with E-state index in [0.29, 0.717) is 24.0 Å². The zero-order valence-corrected chi connectivity index (χ0v) is 24.0. The number of carbonyl (C=O) groups excluding carboxylic acids is 2. The Hall–Kier alpha value is -4.24. The van der Waals surface area contributed by atoms with Gasteiger partial charge in [0, 0.05) is 12.0 Å². The monoisotopic (exact) mass is 560 g/mol. The van der Waals surface area contributed by atoms with E-state index in [9.17, 15) is 18.0 Å². The maximum atomic E-state index is 13.3. The summed E-state index contributed by atoms with van der Waals surface area (Å²) in [5.74, 6) is 0.00410. The average Bonchev–Trinajstić information content (AvgIpc) is 2.89. The Kier molecular flexibility index (Phi) is 8.54. The zero-order chi connectivity index (χ0) is 29.0. The normalized spacial score (nSPS) is 13.2. The molecule has 0 radical (unpaired) electrons. The molecule has 1 aliphatic rings. The predicted octanol–water partition coefficient (Wildman–Crippen LogP) is 5.97. The topological polar surface area (TPSA) is 112 Å². The third-order valence-electron chi connectivity index (χ3n) is 6.12. The molecule has 1 N–H and O–H groups in total. The number of aromatic nitrogens is 1. The van der Waals surface area contributed by atoms with Crippen LogP contribution in [0.1, 0.15) is 47.3 Å². The van der Waals surface area contributed by atoms with Gasteiger partial charge in [0.1, 0.15) is 22.0 Å². The van der Waals surface area contributed by atoms with Gasteiger partial charge in [-0.25, -0.2) is 18.1 Å². The van der Waals surface area contributed by atoms with Crippen molar-refractivity contribution in [1.82, 2.24) is 9.71 Å². The third kappa shape index (κ3) is 6.66. The Morgan fingerprint density at radius 2 is 1.70 bits per heavy atom. The van der Waals surface area contributed by atoms with E-state index in [1.165, 1.54) is 18.2 Å². The first-order chi connectivity index (χ1) is 18.9. The molecule has 4 rings (SSSR count). The zero-order valence-electron chi connectivity index (χ0n) is 23.1. The molecule has 2 aromatic carbocycles. The number of sulfonamides is 1. The van der Waals surface area contributed by atoms with Gasteiger partial charge in [-0.1, -0.05) is 43.7 Å². The van der Waals surface area contributed by atoms with Crippen molar-refractivity contribution in [2.75, 3.05) is 6.61 Å². The second-order valence-corrected chi connectivity index (χ2v) is 11.8. The lowest BCUT2D eigenvalue weighted by atomic mass is 10.1. The van der Waals surface area contributed by atoms with Crippen LogP contribution >= 0.6 is 0 Å². The number of benzene rings is 2. The van der Waals surface area contributed by atoms with Gasteiger partial charge in [-0.05, 0) is 80.3 Å². The SMILES string of the molecule is Cc1cc(C)c(Oc2nc(-c3ccc(OCC(C)C)cc3)ccc2C(=O)NS(=O)(=O)C2=CC=CCC2=O)c(C)c1. The van der Waals surface area contributed by atoms with Crippen LogP contribution in [-0.4, -0.2) is 31.7 Å². The number of hydrogen-bond acceptors (Lipinski definition) is 7. The van der Waals surface area contributed by atoms with Crippen molar-refractivity contribution in [2.24, 2.45) is 5.92 Å². The summed E-state index contributed by atoms with van der Waals surface area (Å²) < 4.78 is 39.7. The number of aryl methyl sites for hydroxylation is 3. The fourth-order valence-corrected chi connectivity index (χ4v) is 5.36. The number of hydrogen-bond donors (Lipinski definition) is 1. The first kappa shape index (κ1) is 28.8. The van der Waals surface area contributed by atoms with E-state index in [4.69, 9.17) is 9.47 Å². The second-order valence-electron chi connectivity index (χ2n) is 10.1. The highest BCUT2D eigenvalue weighted by Gasteiger charge is 2.29. The number of nitrogens with one attached hydrogen (secondary N) is 1. The van der Waals surface area contributed by atoms with Gasteiger partial charge in [-0.15, -0.1) is 0 Å². The molecular weight excluding hydrogens is 528 g/mol. The smallest absolute Gasteiger partial charge is 0.270 e. The Morgan fingerprint density at radius 1 is 1.02 bits per heavy atom. The Labute approximate surface area is 234 Å². The Balaban J connectivity index is 1.72. The maximum absolute atomic E-state index is 13.3. The summed E-state index contributed by atoms with van der Waals surface area (Å²) in [7, 11) is -4.41. The van der Waals surface area contributed by atoms with Crippen LogP contribution in [0.2, 0.25) is 0 Å². The lowest BCUT2D eigenvalue weighted by molar-refractivity contribution is -0.114. The number of ether oxygens (including phenoxy) is 2. The lowest BCUT2D eigenvalue weighted by Gasteiger charge is -2.16. The average molecular weight is 561 g/mol. The first-order valence-electron chi connectivity index (χ1n) is 12.9. The van der Waals surface area contributed by atoms with Crippen molar-refractivity contribution in [3.63, 3.8) is 0 Å². The van der Waals surface area contributed by atoms with E-state index in [1.54, 1.807) is 12.1 Å². The number of Topliss-reactive ketones (excluding diaryl/α,β-unsaturated/α-hetero) is 1. The fraction of sp³-hybridized carbons (Fsp3) is 0.258. The molecule has 0 atom stereocenters. The first-order valence-corrected chi connectivity index (χ1v) is 14.4. The van der Waals surface area contributed by atoms with Crippen LogP contribution in [0, 0.1) is 26.7 Å². The van der Waals surface area contributed by atoms with Crippen LogP contribution in [0.15, 0.2) is 71.7 Å². The summed E-state index contributed by atoms with van der Waals surface area (Å²) in [5.41, 5.74) is 3.89. The van der Waals surface area contributed by atoms with Crippen molar-refractivity contribution in [2.45, 2.75) is 41.0 Å². The quantitative estimate of drug-likeness (QED) is 0.343. The van der Waals surface area contributed by atoms with Gasteiger partial charge in [-0.3, -0.25) is 9.59 Å². The van der Waals surface area contributed by atoms with Crippen LogP contribution in [0.4, 0.5) is 0 Å². The summed E-state index contributed by atoms with van der Waals surface area (Å²) in [4.78, 5) is 29.6. The summed E-state index contributed by atoms with van der Waals surface area (Å²) in [5, 5.41) is 0. The summed E-state index contributed by atoms with van der Waals surface area (Å²) in [6.45, 7) is 10.5. The van der Waals surface area contributed by atoms with Crippen molar-refractivity contribution in [3.05, 3.63) is 93.9 Å². The summed E-state index contributed by atoms with van der Waals surface area (Å²) in [6.07, 6.45) is 4.13. The molecule has 1 heterocycles. The number of pyridine rings is 1. The van der Waals surface area contributed by atoms with Crippen LogP contribution < -0.4 is 14.2 Å². The molecule has 1 amide bonds. The highest BCUT2D eigenvalue weighted by atomic mass is 32.2. The van der Waals surface area contributed by atoms with E-state index in [1.807, 2.05) is 61.9 Å². The maximum Gasteiger partial charge on any atom is 0.270 e. The van der Waals surface area contributed by atoms with Crippen molar-refractivity contribution in [3.8, 4) is 28.6 Å². The van der Waals surface area contributed by atoms with Gasteiger partial charge in [0.05, 0.1) is 12.3 Å². The number of nitrogens with zero attached hydrogens (tertiary/aromatic N) is 1. The van der Waals surface area contributed by atoms with Crippen LogP contribution in [0.5, 0.6) is 17.4 Å². The molecule has 0 fully saturated rings. The Bertz CT molecular complexity index is 1600. The minimum absolute atomic E-state index is 0.0567. The van der Waals surface area contributed by atoms with Crippen LogP contribution in [0.25, 0.3) is 11.3 Å². The highest BCUT2D eigenvalue weighted by Crippen LogP contribution is 2.33. The molecule has 0 saturated carbocycles. The van der Waals surface area contributed by atoms with Gasteiger partial charge < -0.3 is 9.47 Å². The van der Waals surface area contributed by atoms with Gasteiger partial charge in [0.25, 0.3) is 15.9 Å². The molecule has 0 aliphatic heterocycles. The molecule has 208 valence electrons. The summed E-state index contributed by atoms with van der Waals surface area (Å²) in [6, 6.07) is 14.3. The molecule has 0 unspecified atom stereocenters.